The number of amides is 1. The van der Waals surface area contributed by atoms with Crippen LogP contribution < -0.4 is 5.32 Å². The predicted octanol–water partition coefficient (Wildman–Crippen LogP) is 5.42. The van der Waals surface area contributed by atoms with Gasteiger partial charge in [-0.3, -0.25) is 4.79 Å². The molecular weight excluding hydrogens is 372 g/mol. The summed E-state index contributed by atoms with van der Waals surface area (Å²) < 4.78 is 1.76. The van der Waals surface area contributed by atoms with Crippen molar-refractivity contribution >= 4 is 11.6 Å². The minimum atomic E-state index is -0.325. The number of aryl methyl sites for hydroxylation is 3. The van der Waals surface area contributed by atoms with Gasteiger partial charge in [0.1, 0.15) is 0 Å². The van der Waals surface area contributed by atoms with Crippen molar-refractivity contribution in [2.75, 3.05) is 5.32 Å². The van der Waals surface area contributed by atoms with E-state index in [9.17, 15) is 4.79 Å². The Labute approximate surface area is 176 Å². The van der Waals surface area contributed by atoms with Crippen LogP contribution in [0.5, 0.6) is 0 Å². The van der Waals surface area contributed by atoms with Gasteiger partial charge in [-0.25, -0.2) is 9.67 Å². The quantitative estimate of drug-likeness (QED) is 0.501. The molecule has 5 nitrogen and oxygen atoms in total. The fourth-order valence-electron chi connectivity index (χ4n) is 3.50. The molecule has 0 aliphatic rings. The third kappa shape index (κ3) is 3.62. The van der Waals surface area contributed by atoms with Crippen molar-refractivity contribution in [2.24, 2.45) is 0 Å². The molecule has 0 atom stereocenters. The van der Waals surface area contributed by atoms with Gasteiger partial charge in [-0.15, -0.1) is 5.10 Å². The standard InChI is InChI=1S/C25H24N4O/c1-16-10-9-15-21(19(16)4)29-24(20-13-6-5-7-14-20)27-23(28-29)25(30)26-22-17(2)11-8-12-18(22)3/h5-15H,1-4H3,(H,26,30). The van der Waals surface area contributed by atoms with Crippen molar-refractivity contribution in [3.8, 4) is 17.1 Å². The van der Waals surface area contributed by atoms with Crippen LogP contribution >= 0.6 is 0 Å². The number of nitrogens with zero attached hydrogens (tertiary/aromatic N) is 3. The molecule has 0 bridgehead atoms. The predicted molar refractivity (Wildman–Crippen MR) is 120 cm³/mol. The molecule has 1 N–H and O–H groups in total. The van der Waals surface area contributed by atoms with Crippen molar-refractivity contribution < 1.29 is 4.79 Å². The third-order valence-corrected chi connectivity index (χ3v) is 5.37. The minimum Gasteiger partial charge on any atom is -0.319 e. The van der Waals surface area contributed by atoms with Crippen LogP contribution in [0.4, 0.5) is 5.69 Å². The highest BCUT2D eigenvalue weighted by atomic mass is 16.2. The summed E-state index contributed by atoms with van der Waals surface area (Å²) in [6, 6.07) is 21.8. The topological polar surface area (TPSA) is 59.8 Å². The number of benzene rings is 3. The molecule has 0 saturated heterocycles. The lowest BCUT2D eigenvalue weighted by atomic mass is 10.1. The van der Waals surface area contributed by atoms with E-state index < -0.39 is 0 Å². The second-order valence-corrected chi connectivity index (χ2v) is 7.48. The number of carbonyl (C=O) groups excluding carboxylic acids is 1. The first-order chi connectivity index (χ1) is 14.5. The molecular formula is C25H24N4O. The fraction of sp³-hybridized carbons (Fsp3) is 0.160. The lowest BCUT2D eigenvalue weighted by Crippen LogP contribution is -2.16. The highest BCUT2D eigenvalue weighted by Crippen LogP contribution is 2.25. The highest BCUT2D eigenvalue weighted by Gasteiger charge is 2.21. The van der Waals surface area contributed by atoms with Crippen LogP contribution in [-0.2, 0) is 0 Å². The van der Waals surface area contributed by atoms with E-state index in [2.05, 4.69) is 35.3 Å². The van der Waals surface area contributed by atoms with Gasteiger partial charge >= 0.3 is 0 Å². The Hall–Kier alpha value is -3.73. The molecule has 0 spiro atoms. The second kappa shape index (κ2) is 7.95. The van der Waals surface area contributed by atoms with E-state index in [0.717, 1.165) is 39.2 Å². The molecule has 4 aromatic rings. The molecule has 0 radical (unpaired) electrons. The van der Waals surface area contributed by atoms with E-state index in [0.29, 0.717) is 5.82 Å². The van der Waals surface area contributed by atoms with Crippen molar-refractivity contribution in [3.63, 3.8) is 0 Å². The van der Waals surface area contributed by atoms with Crippen molar-refractivity contribution in [1.29, 1.82) is 0 Å². The summed E-state index contributed by atoms with van der Waals surface area (Å²) in [5.41, 5.74) is 6.86. The Morgan fingerprint density at radius 1 is 0.800 bits per heavy atom. The molecule has 150 valence electrons. The average Bonchev–Trinajstić information content (AvgIpc) is 3.19. The van der Waals surface area contributed by atoms with E-state index in [1.54, 1.807) is 4.68 Å². The van der Waals surface area contributed by atoms with Gasteiger partial charge in [0.05, 0.1) is 5.69 Å². The van der Waals surface area contributed by atoms with E-state index in [-0.39, 0.29) is 11.7 Å². The number of nitrogens with one attached hydrogen (secondary N) is 1. The van der Waals surface area contributed by atoms with Crippen LogP contribution in [0.1, 0.15) is 32.9 Å². The van der Waals surface area contributed by atoms with Crippen LogP contribution in [-0.4, -0.2) is 20.7 Å². The summed E-state index contributed by atoms with van der Waals surface area (Å²) in [6.07, 6.45) is 0. The van der Waals surface area contributed by atoms with E-state index in [4.69, 9.17) is 0 Å². The molecule has 1 aromatic heterocycles. The molecule has 0 fully saturated rings. The number of hydrogen-bond donors (Lipinski definition) is 1. The number of aromatic nitrogens is 3. The van der Waals surface area contributed by atoms with Crippen LogP contribution in [0.3, 0.4) is 0 Å². The molecule has 4 rings (SSSR count). The van der Waals surface area contributed by atoms with Crippen molar-refractivity contribution in [3.05, 3.63) is 94.8 Å². The number of carbonyl (C=O) groups is 1. The normalized spacial score (nSPS) is 10.8. The summed E-state index contributed by atoms with van der Waals surface area (Å²) >= 11 is 0. The zero-order valence-electron chi connectivity index (χ0n) is 17.6. The fourth-order valence-corrected chi connectivity index (χ4v) is 3.50. The number of para-hydroxylation sites is 1. The van der Waals surface area contributed by atoms with Gasteiger partial charge in [0.2, 0.25) is 5.82 Å². The van der Waals surface area contributed by atoms with Crippen LogP contribution in [0.15, 0.2) is 66.7 Å². The van der Waals surface area contributed by atoms with Crippen LogP contribution in [0.2, 0.25) is 0 Å². The van der Waals surface area contributed by atoms with Gasteiger partial charge in [0.25, 0.3) is 5.91 Å². The highest BCUT2D eigenvalue weighted by molar-refractivity contribution is 6.02. The van der Waals surface area contributed by atoms with E-state index >= 15 is 0 Å². The summed E-state index contributed by atoms with van der Waals surface area (Å²) in [5.74, 6) is 0.446. The molecule has 0 aliphatic carbocycles. The monoisotopic (exact) mass is 396 g/mol. The molecule has 1 heterocycles. The molecule has 5 heteroatoms. The molecule has 3 aromatic carbocycles. The van der Waals surface area contributed by atoms with Crippen LogP contribution in [0, 0.1) is 27.7 Å². The summed E-state index contributed by atoms with van der Waals surface area (Å²) in [6.45, 7) is 8.06. The maximum Gasteiger partial charge on any atom is 0.295 e. The average molecular weight is 396 g/mol. The summed E-state index contributed by atoms with van der Waals surface area (Å²) in [4.78, 5) is 17.7. The maximum absolute atomic E-state index is 13.0. The summed E-state index contributed by atoms with van der Waals surface area (Å²) in [7, 11) is 0. The van der Waals surface area contributed by atoms with E-state index in [1.807, 2.05) is 74.5 Å². The van der Waals surface area contributed by atoms with E-state index in [1.165, 1.54) is 0 Å². The maximum atomic E-state index is 13.0. The molecule has 0 saturated carbocycles. The Balaban J connectivity index is 1.81. The number of rotatable bonds is 4. The summed E-state index contributed by atoms with van der Waals surface area (Å²) in [5, 5.41) is 7.59. The van der Waals surface area contributed by atoms with Gasteiger partial charge in [-0.05, 0) is 56.0 Å². The Morgan fingerprint density at radius 3 is 2.13 bits per heavy atom. The molecule has 0 aliphatic heterocycles. The number of anilines is 1. The number of hydrogen-bond acceptors (Lipinski definition) is 3. The van der Waals surface area contributed by atoms with Gasteiger partial charge in [-0.2, -0.15) is 0 Å². The molecule has 30 heavy (non-hydrogen) atoms. The third-order valence-electron chi connectivity index (χ3n) is 5.37. The molecule has 1 amide bonds. The molecule has 0 unspecified atom stereocenters. The van der Waals surface area contributed by atoms with Gasteiger partial charge in [-0.1, -0.05) is 60.7 Å². The van der Waals surface area contributed by atoms with Gasteiger partial charge < -0.3 is 5.32 Å². The van der Waals surface area contributed by atoms with Gasteiger partial charge in [0.15, 0.2) is 5.82 Å². The lowest BCUT2D eigenvalue weighted by molar-refractivity contribution is 0.101. The zero-order chi connectivity index (χ0) is 21.3. The largest absolute Gasteiger partial charge is 0.319 e. The lowest BCUT2D eigenvalue weighted by Gasteiger charge is -2.11. The Bertz CT molecular complexity index is 1210. The smallest absolute Gasteiger partial charge is 0.295 e. The van der Waals surface area contributed by atoms with Crippen LogP contribution in [0.25, 0.3) is 17.1 Å². The Morgan fingerprint density at radius 2 is 1.43 bits per heavy atom. The first-order valence-corrected chi connectivity index (χ1v) is 9.92. The Kier molecular flexibility index (Phi) is 5.19. The van der Waals surface area contributed by atoms with Crippen molar-refractivity contribution in [2.45, 2.75) is 27.7 Å². The first kappa shape index (κ1) is 19.6. The van der Waals surface area contributed by atoms with Gasteiger partial charge in [0, 0.05) is 11.3 Å². The minimum absolute atomic E-state index is 0.136. The SMILES string of the molecule is Cc1cccc(-n2nc(C(=O)Nc3c(C)cccc3C)nc2-c2ccccc2)c1C. The second-order valence-electron chi connectivity index (χ2n) is 7.48. The zero-order valence-corrected chi connectivity index (χ0v) is 17.6. The first-order valence-electron chi connectivity index (χ1n) is 9.92. The van der Waals surface area contributed by atoms with Crippen molar-refractivity contribution in [1.82, 2.24) is 14.8 Å².